The van der Waals surface area contributed by atoms with E-state index in [4.69, 9.17) is 0 Å². The molecule has 0 unspecified atom stereocenters. The fraction of sp³-hybridized carbons (Fsp3) is 0.286. The number of halogens is 3. The number of sulfonamides is 1. The first-order chi connectivity index (χ1) is 18.5. The Morgan fingerprint density at radius 2 is 1.51 bits per heavy atom. The molecule has 208 valence electrons. The normalized spacial score (nSPS) is 12.4. The highest BCUT2D eigenvalue weighted by molar-refractivity contribution is 7.92. The van der Waals surface area contributed by atoms with Crippen LogP contribution in [0, 0.1) is 0 Å². The Labute approximate surface area is 226 Å². The summed E-state index contributed by atoms with van der Waals surface area (Å²) < 4.78 is 68.5. The molecule has 0 aromatic heterocycles. The van der Waals surface area contributed by atoms with Gasteiger partial charge in [0.2, 0.25) is 11.8 Å². The largest absolute Gasteiger partial charge is 0.416 e. The monoisotopic (exact) mass is 561 g/mol. The second-order valence-electron chi connectivity index (χ2n) is 8.70. The summed E-state index contributed by atoms with van der Waals surface area (Å²) >= 11 is 0. The molecule has 0 aliphatic carbocycles. The Morgan fingerprint density at radius 1 is 0.897 bits per heavy atom. The minimum absolute atomic E-state index is 0.00285. The van der Waals surface area contributed by atoms with Gasteiger partial charge < -0.3 is 10.2 Å². The van der Waals surface area contributed by atoms with Crippen LogP contribution in [0.25, 0.3) is 0 Å². The number of anilines is 1. The summed E-state index contributed by atoms with van der Waals surface area (Å²) in [5.41, 5.74) is -0.687. The van der Waals surface area contributed by atoms with E-state index in [1.54, 1.807) is 50.2 Å². The number of benzene rings is 3. The Kier molecular flexibility index (Phi) is 9.74. The highest BCUT2D eigenvalue weighted by Crippen LogP contribution is 2.33. The van der Waals surface area contributed by atoms with Gasteiger partial charge in [-0.25, -0.2) is 8.42 Å². The van der Waals surface area contributed by atoms with E-state index in [0.717, 1.165) is 12.1 Å². The van der Waals surface area contributed by atoms with Crippen molar-refractivity contribution in [1.29, 1.82) is 0 Å². The maximum Gasteiger partial charge on any atom is 0.416 e. The second kappa shape index (κ2) is 12.8. The van der Waals surface area contributed by atoms with Gasteiger partial charge in [0, 0.05) is 13.1 Å². The molecule has 2 amide bonds. The Balaban J connectivity index is 2.10. The summed E-state index contributed by atoms with van der Waals surface area (Å²) in [5.74, 6) is -1.16. The average molecular weight is 562 g/mol. The average Bonchev–Trinajstić information content (AvgIpc) is 2.92. The van der Waals surface area contributed by atoms with Gasteiger partial charge in [0.15, 0.2) is 0 Å². The summed E-state index contributed by atoms with van der Waals surface area (Å²) in [6.45, 7) is 2.95. The van der Waals surface area contributed by atoms with Crippen molar-refractivity contribution in [3.63, 3.8) is 0 Å². The Hall–Kier alpha value is -3.86. The van der Waals surface area contributed by atoms with Crippen LogP contribution in [-0.2, 0) is 32.3 Å². The molecule has 3 aromatic rings. The zero-order valence-corrected chi connectivity index (χ0v) is 22.4. The molecule has 1 atom stereocenters. The zero-order chi connectivity index (χ0) is 28.6. The maximum absolute atomic E-state index is 13.8. The van der Waals surface area contributed by atoms with Crippen molar-refractivity contribution in [3.8, 4) is 0 Å². The number of alkyl halides is 3. The summed E-state index contributed by atoms with van der Waals surface area (Å²) in [6, 6.07) is 18.8. The minimum Gasteiger partial charge on any atom is -0.355 e. The highest BCUT2D eigenvalue weighted by Gasteiger charge is 2.35. The maximum atomic E-state index is 13.8. The lowest BCUT2D eigenvalue weighted by atomic mass is 10.1. The van der Waals surface area contributed by atoms with E-state index >= 15 is 0 Å². The van der Waals surface area contributed by atoms with E-state index in [-0.39, 0.29) is 23.5 Å². The van der Waals surface area contributed by atoms with Gasteiger partial charge in [-0.05, 0) is 49.2 Å². The van der Waals surface area contributed by atoms with Crippen LogP contribution in [0.2, 0.25) is 0 Å². The molecule has 0 bridgehead atoms. The number of hydrogen-bond acceptors (Lipinski definition) is 4. The topological polar surface area (TPSA) is 86.8 Å². The predicted molar refractivity (Wildman–Crippen MR) is 142 cm³/mol. The number of nitrogens with one attached hydrogen (secondary N) is 1. The third kappa shape index (κ3) is 7.38. The first kappa shape index (κ1) is 29.7. The summed E-state index contributed by atoms with van der Waals surface area (Å²) in [5, 5.41) is 2.69. The number of hydrogen-bond donors (Lipinski definition) is 1. The standard InChI is InChI=1S/C28H30F3N3O4S/c1-3-25(27(36)32-4-2)33(19-21-12-7-5-8-13-21)26(35)20-34(39(37,38)24-16-9-6-10-17-24)23-15-11-14-22(18-23)28(29,30)31/h5-18,25H,3-4,19-20H2,1-2H3,(H,32,36)/t25-/m1/s1. The quantitative estimate of drug-likeness (QED) is 0.363. The molecule has 1 N–H and O–H groups in total. The lowest BCUT2D eigenvalue weighted by molar-refractivity contribution is -0.140. The fourth-order valence-electron chi connectivity index (χ4n) is 4.08. The zero-order valence-electron chi connectivity index (χ0n) is 21.6. The molecule has 3 rings (SSSR count). The molecule has 0 fully saturated rings. The van der Waals surface area contributed by atoms with Crippen LogP contribution >= 0.6 is 0 Å². The van der Waals surface area contributed by atoms with Gasteiger partial charge in [-0.1, -0.05) is 61.5 Å². The molecule has 0 saturated carbocycles. The van der Waals surface area contributed by atoms with Crippen LogP contribution in [0.3, 0.4) is 0 Å². The molecule has 0 aliphatic heterocycles. The number of rotatable bonds is 11. The van der Waals surface area contributed by atoms with E-state index in [0.29, 0.717) is 22.5 Å². The molecule has 11 heteroatoms. The van der Waals surface area contributed by atoms with E-state index in [9.17, 15) is 31.2 Å². The van der Waals surface area contributed by atoms with Gasteiger partial charge in [-0.15, -0.1) is 0 Å². The van der Waals surface area contributed by atoms with Gasteiger partial charge in [0.1, 0.15) is 12.6 Å². The van der Waals surface area contributed by atoms with Crippen LogP contribution in [0.15, 0.2) is 89.8 Å². The van der Waals surface area contributed by atoms with Crippen LogP contribution in [0.4, 0.5) is 18.9 Å². The van der Waals surface area contributed by atoms with E-state index < -0.39 is 46.2 Å². The van der Waals surface area contributed by atoms with Crippen molar-refractivity contribution in [2.24, 2.45) is 0 Å². The molecule has 7 nitrogen and oxygen atoms in total. The van der Waals surface area contributed by atoms with Crippen molar-refractivity contribution in [1.82, 2.24) is 10.2 Å². The van der Waals surface area contributed by atoms with Crippen molar-refractivity contribution in [3.05, 3.63) is 96.1 Å². The van der Waals surface area contributed by atoms with Gasteiger partial charge in [0.05, 0.1) is 16.1 Å². The first-order valence-electron chi connectivity index (χ1n) is 12.3. The van der Waals surface area contributed by atoms with E-state index in [1.165, 1.54) is 35.2 Å². The van der Waals surface area contributed by atoms with Crippen LogP contribution < -0.4 is 9.62 Å². The van der Waals surface area contributed by atoms with Crippen molar-refractivity contribution in [2.75, 3.05) is 17.4 Å². The number of carbonyl (C=O) groups is 2. The summed E-state index contributed by atoms with van der Waals surface area (Å²) in [7, 11) is -4.46. The van der Waals surface area contributed by atoms with Crippen molar-refractivity contribution < 1.29 is 31.2 Å². The van der Waals surface area contributed by atoms with Crippen LogP contribution in [0.5, 0.6) is 0 Å². The van der Waals surface area contributed by atoms with Gasteiger partial charge >= 0.3 is 6.18 Å². The number of carbonyl (C=O) groups excluding carboxylic acids is 2. The predicted octanol–water partition coefficient (Wildman–Crippen LogP) is 4.84. The number of amides is 2. The number of likely N-dealkylation sites (N-methyl/N-ethyl adjacent to an activating group) is 1. The SMILES string of the molecule is CCNC(=O)[C@@H](CC)N(Cc1ccccc1)C(=O)CN(c1cccc(C(F)(F)F)c1)S(=O)(=O)c1ccccc1. The Morgan fingerprint density at radius 3 is 2.08 bits per heavy atom. The van der Waals surface area contributed by atoms with Gasteiger partial charge in [-0.3, -0.25) is 13.9 Å². The minimum atomic E-state index is -4.73. The third-order valence-electron chi connectivity index (χ3n) is 6.00. The first-order valence-corrected chi connectivity index (χ1v) is 13.8. The molecule has 39 heavy (non-hydrogen) atoms. The molecule has 0 spiro atoms. The molecule has 3 aromatic carbocycles. The van der Waals surface area contributed by atoms with E-state index in [2.05, 4.69) is 5.32 Å². The van der Waals surface area contributed by atoms with E-state index in [1.807, 2.05) is 0 Å². The van der Waals surface area contributed by atoms with Gasteiger partial charge in [-0.2, -0.15) is 13.2 Å². The van der Waals surface area contributed by atoms with Crippen molar-refractivity contribution >= 4 is 27.5 Å². The molecular formula is C28H30F3N3O4S. The second-order valence-corrected chi connectivity index (χ2v) is 10.6. The smallest absolute Gasteiger partial charge is 0.355 e. The summed E-state index contributed by atoms with van der Waals surface area (Å²) in [6.07, 6.45) is -4.49. The summed E-state index contributed by atoms with van der Waals surface area (Å²) in [4.78, 5) is 27.8. The highest BCUT2D eigenvalue weighted by atomic mass is 32.2. The fourth-order valence-corrected chi connectivity index (χ4v) is 5.50. The molecule has 0 radical (unpaired) electrons. The van der Waals surface area contributed by atoms with Gasteiger partial charge in [0.25, 0.3) is 10.0 Å². The third-order valence-corrected chi connectivity index (χ3v) is 7.79. The van der Waals surface area contributed by atoms with Crippen LogP contribution in [0.1, 0.15) is 31.4 Å². The molecular weight excluding hydrogens is 531 g/mol. The molecule has 0 saturated heterocycles. The van der Waals surface area contributed by atoms with Crippen molar-refractivity contribution in [2.45, 2.75) is 43.9 Å². The molecule has 0 heterocycles. The molecule has 0 aliphatic rings. The lowest BCUT2D eigenvalue weighted by Gasteiger charge is -2.33. The number of nitrogens with zero attached hydrogens (tertiary/aromatic N) is 2. The lowest BCUT2D eigenvalue weighted by Crippen LogP contribution is -2.52. The van der Waals surface area contributed by atoms with Crippen LogP contribution in [-0.4, -0.2) is 44.3 Å². The Bertz CT molecular complexity index is 1370.